The molecule has 2 aromatic carbocycles. The van der Waals surface area contributed by atoms with E-state index in [9.17, 15) is 4.39 Å². The molecule has 122 valence electrons. The van der Waals surface area contributed by atoms with E-state index in [4.69, 9.17) is 0 Å². The molecule has 0 aliphatic heterocycles. The van der Waals surface area contributed by atoms with Crippen molar-refractivity contribution in [2.24, 2.45) is 0 Å². The zero-order valence-electron chi connectivity index (χ0n) is 14.0. The molecule has 0 spiro atoms. The molecule has 0 radical (unpaired) electrons. The second kappa shape index (κ2) is 6.93. The van der Waals surface area contributed by atoms with E-state index in [-0.39, 0.29) is 11.4 Å². The van der Waals surface area contributed by atoms with Crippen molar-refractivity contribution in [2.75, 3.05) is 0 Å². The molecule has 1 aromatic heterocycles. The Balaban J connectivity index is 1.75. The third kappa shape index (κ3) is 3.87. The first kappa shape index (κ1) is 16.3. The van der Waals surface area contributed by atoms with Crippen LogP contribution in [0.5, 0.6) is 0 Å². The summed E-state index contributed by atoms with van der Waals surface area (Å²) >= 11 is 0. The minimum Gasteiger partial charge on any atom is -0.304 e. The van der Waals surface area contributed by atoms with Crippen LogP contribution in [-0.2, 0) is 12.1 Å². The molecule has 3 heteroatoms. The highest BCUT2D eigenvalue weighted by atomic mass is 19.1. The lowest BCUT2D eigenvalue weighted by Gasteiger charge is -2.27. The van der Waals surface area contributed by atoms with E-state index in [0.717, 1.165) is 11.1 Å². The van der Waals surface area contributed by atoms with Crippen molar-refractivity contribution in [3.8, 4) is 11.1 Å². The smallest absolute Gasteiger partial charge is 0.123 e. The second-order valence-electron chi connectivity index (χ2n) is 6.43. The Morgan fingerprint density at radius 2 is 1.67 bits per heavy atom. The number of halogens is 1. The van der Waals surface area contributed by atoms with Gasteiger partial charge in [0.2, 0.25) is 0 Å². The van der Waals surface area contributed by atoms with Crippen molar-refractivity contribution in [1.82, 2.24) is 10.3 Å². The molecule has 3 rings (SSSR count). The van der Waals surface area contributed by atoms with Gasteiger partial charge in [0, 0.05) is 24.5 Å². The standard InChI is InChI=1S/C21H21FN2/c1-21(2,19-7-4-8-20(22)14-19)24-15-16-5-3-6-18(13-16)17-9-11-23-12-10-17/h3-14,24H,15H2,1-2H3. The fourth-order valence-corrected chi connectivity index (χ4v) is 2.71. The minimum absolute atomic E-state index is 0.206. The topological polar surface area (TPSA) is 24.9 Å². The molecular formula is C21H21FN2. The maximum atomic E-state index is 13.5. The maximum Gasteiger partial charge on any atom is 0.123 e. The second-order valence-corrected chi connectivity index (χ2v) is 6.43. The molecule has 2 nitrogen and oxygen atoms in total. The van der Waals surface area contributed by atoms with E-state index in [0.29, 0.717) is 6.54 Å². The normalized spacial score (nSPS) is 11.5. The van der Waals surface area contributed by atoms with Crippen LogP contribution in [0.4, 0.5) is 4.39 Å². The van der Waals surface area contributed by atoms with Gasteiger partial charge in [0.1, 0.15) is 5.82 Å². The van der Waals surface area contributed by atoms with Crippen LogP contribution >= 0.6 is 0 Å². The van der Waals surface area contributed by atoms with Crippen LogP contribution in [0.3, 0.4) is 0 Å². The molecule has 0 amide bonds. The largest absolute Gasteiger partial charge is 0.304 e. The SMILES string of the molecule is CC(C)(NCc1cccc(-c2ccncc2)c1)c1cccc(F)c1. The molecule has 0 fully saturated rings. The number of benzene rings is 2. The van der Waals surface area contributed by atoms with E-state index in [1.807, 2.05) is 18.2 Å². The molecule has 0 saturated carbocycles. The Morgan fingerprint density at radius 3 is 2.42 bits per heavy atom. The van der Waals surface area contributed by atoms with Gasteiger partial charge in [0.15, 0.2) is 0 Å². The highest BCUT2D eigenvalue weighted by Crippen LogP contribution is 2.23. The number of rotatable bonds is 5. The first-order chi connectivity index (χ1) is 11.5. The summed E-state index contributed by atoms with van der Waals surface area (Å²) in [6.45, 7) is 4.84. The van der Waals surface area contributed by atoms with Crippen LogP contribution in [0.1, 0.15) is 25.0 Å². The van der Waals surface area contributed by atoms with E-state index in [1.165, 1.54) is 17.2 Å². The Hall–Kier alpha value is -2.52. The lowest BCUT2D eigenvalue weighted by atomic mass is 9.93. The highest BCUT2D eigenvalue weighted by molar-refractivity contribution is 5.63. The van der Waals surface area contributed by atoms with Gasteiger partial charge in [0.05, 0.1) is 0 Å². The van der Waals surface area contributed by atoms with Crippen LogP contribution < -0.4 is 5.32 Å². The molecule has 3 aromatic rings. The molecule has 24 heavy (non-hydrogen) atoms. The Kier molecular flexibility index (Phi) is 4.72. The van der Waals surface area contributed by atoms with Crippen molar-refractivity contribution in [3.63, 3.8) is 0 Å². The minimum atomic E-state index is -0.311. The van der Waals surface area contributed by atoms with Crippen LogP contribution in [0.15, 0.2) is 73.1 Å². The zero-order valence-corrected chi connectivity index (χ0v) is 14.0. The molecule has 0 saturated heterocycles. The van der Waals surface area contributed by atoms with Crippen molar-refractivity contribution in [1.29, 1.82) is 0 Å². The van der Waals surface area contributed by atoms with Crippen molar-refractivity contribution in [2.45, 2.75) is 25.9 Å². The number of pyridine rings is 1. The third-order valence-corrected chi connectivity index (χ3v) is 4.22. The van der Waals surface area contributed by atoms with Crippen LogP contribution in [0, 0.1) is 5.82 Å². The van der Waals surface area contributed by atoms with Crippen LogP contribution in [-0.4, -0.2) is 4.98 Å². The number of hydrogen-bond donors (Lipinski definition) is 1. The monoisotopic (exact) mass is 320 g/mol. The summed E-state index contributed by atoms with van der Waals surface area (Å²) < 4.78 is 13.5. The predicted octanol–water partition coefficient (Wildman–Crippen LogP) is 4.91. The summed E-state index contributed by atoms with van der Waals surface area (Å²) in [5.74, 6) is -0.206. The molecule has 0 unspecified atom stereocenters. The van der Waals surface area contributed by atoms with Crippen LogP contribution in [0.2, 0.25) is 0 Å². The van der Waals surface area contributed by atoms with E-state index >= 15 is 0 Å². The van der Waals surface area contributed by atoms with Gasteiger partial charge in [-0.1, -0.05) is 30.3 Å². The van der Waals surface area contributed by atoms with E-state index < -0.39 is 0 Å². The molecular weight excluding hydrogens is 299 g/mol. The Bertz CT molecular complexity index is 813. The number of aromatic nitrogens is 1. The maximum absolute atomic E-state index is 13.5. The lowest BCUT2D eigenvalue weighted by molar-refractivity contribution is 0.399. The van der Waals surface area contributed by atoms with E-state index in [2.05, 4.69) is 48.4 Å². The molecule has 1 N–H and O–H groups in total. The van der Waals surface area contributed by atoms with Crippen molar-refractivity contribution >= 4 is 0 Å². The fourth-order valence-electron chi connectivity index (χ4n) is 2.71. The van der Waals surface area contributed by atoms with Crippen molar-refractivity contribution in [3.05, 3.63) is 90.0 Å². The highest BCUT2D eigenvalue weighted by Gasteiger charge is 2.20. The summed E-state index contributed by atoms with van der Waals surface area (Å²) in [7, 11) is 0. The van der Waals surface area contributed by atoms with Gasteiger partial charge in [-0.15, -0.1) is 0 Å². The quantitative estimate of drug-likeness (QED) is 0.722. The first-order valence-corrected chi connectivity index (χ1v) is 8.05. The molecule has 0 aliphatic rings. The first-order valence-electron chi connectivity index (χ1n) is 8.05. The van der Waals surface area contributed by atoms with Gasteiger partial charge in [0.25, 0.3) is 0 Å². The summed E-state index contributed by atoms with van der Waals surface area (Å²) in [4.78, 5) is 4.06. The summed E-state index contributed by atoms with van der Waals surface area (Å²) in [6, 6.07) is 19.2. The number of nitrogens with zero attached hydrogens (tertiary/aromatic N) is 1. The molecule has 0 bridgehead atoms. The van der Waals surface area contributed by atoms with Gasteiger partial charge in [-0.25, -0.2) is 4.39 Å². The number of nitrogens with one attached hydrogen (secondary N) is 1. The average Bonchev–Trinajstić information content (AvgIpc) is 2.61. The number of hydrogen-bond acceptors (Lipinski definition) is 2. The summed E-state index contributed by atoms with van der Waals surface area (Å²) in [6.07, 6.45) is 3.60. The average molecular weight is 320 g/mol. The summed E-state index contributed by atoms with van der Waals surface area (Å²) in [5.41, 5.74) is 4.13. The third-order valence-electron chi connectivity index (χ3n) is 4.22. The predicted molar refractivity (Wildman–Crippen MR) is 95.9 cm³/mol. The van der Waals surface area contributed by atoms with E-state index in [1.54, 1.807) is 24.5 Å². The summed E-state index contributed by atoms with van der Waals surface area (Å²) in [5, 5.41) is 3.52. The Labute approximate surface area is 142 Å². The van der Waals surface area contributed by atoms with Gasteiger partial charge >= 0.3 is 0 Å². The zero-order chi connectivity index (χ0) is 17.0. The fraction of sp³-hybridized carbons (Fsp3) is 0.190. The van der Waals surface area contributed by atoms with Gasteiger partial charge in [-0.05, 0) is 66.4 Å². The van der Waals surface area contributed by atoms with Crippen molar-refractivity contribution < 1.29 is 4.39 Å². The van der Waals surface area contributed by atoms with Gasteiger partial charge in [-0.3, -0.25) is 4.98 Å². The molecule has 1 heterocycles. The van der Waals surface area contributed by atoms with Crippen LogP contribution in [0.25, 0.3) is 11.1 Å². The van der Waals surface area contributed by atoms with Gasteiger partial charge in [-0.2, -0.15) is 0 Å². The molecule has 0 atom stereocenters. The van der Waals surface area contributed by atoms with Gasteiger partial charge < -0.3 is 5.32 Å². The Morgan fingerprint density at radius 1 is 0.917 bits per heavy atom. The molecule has 0 aliphatic carbocycles. The lowest BCUT2D eigenvalue weighted by Crippen LogP contribution is -2.36.